The zero-order valence-corrected chi connectivity index (χ0v) is 12.7. The quantitative estimate of drug-likeness (QED) is 0.626. The van der Waals surface area contributed by atoms with Gasteiger partial charge in [0, 0.05) is 12.5 Å². The molecule has 0 aliphatic rings. The third kappa shape index (κ3) is 4.50. The molecule has 2 N–H and O–H groups in total. The van der Waals surface area contributed by atoms with Crippen LogP contribution < -0.4 is 15.6 Å². The Bertz CT molecular complexity index is 764. The molecule has 0 spiro atoms. The minimum absolute atomic E-state index is 0.130. The molecule has 9 nitrogen and oxygen atoms in total. The summed E-state index contributed by atoms with van der Waals surface area (Å²) in [7, 11) is 0. The van der Waals surface area contributed by atoms with Gasteiger partial charge in [0.15, 0.2) is 6.61 Å². The molecule has 1 aromatic heterocycles. The van der Waals surface area contributed by atoms with E-state index in [-0.39, 0.29) is 5.75 Å². The van der Waals surface area contributed by atoms with Gasteiger partial charge in [-0.25, -0.2) is 0 Å². The average Bonchev–Trinajstić information content (AvgIpc) is 2.59. The van der Waals surface area contributed by atoms with Crippen LogP contribution in [0.3, 0.4) is 0 Å². The molecule has 2 amide bonds. The first-order valence-corrected chi connectivity index (χ1v) is 6.86. The van der Waals surface area contributed by atoms with Crippen molar-refractivity contribution in [2.75, 3.05) is 6.61 Å². The average molecular weight is 330 g/mol. The number of rotatable bonds is 5. The van der Waals surface area contributed by atoms with Crippen molar-refractivity contribution in [3.05, 3.63) is 63.8 Å². The largest absolute Gasteiger partial charge is 0.476 e. The number of nitro groups is 1. The van der Waals surface area contributed by atoms with Crippen molar-refractivity contribution >= 4 is 17.6 Å². The Morgan fingerprint density at radius 3 is 2.54 bits per heavy atom. The fraction of sp³-hybridized carbons (Fsp3) is 0.133. The molecule has 2 rings (SSSR count). The van der Waals surface area contributed by atoms with Gasteiger partial charge in [-0.05, 0) is 34.2 Å². The van der Waals surface area contributed by atoms with E-state index in [2.05, 4.69) is 15.8 Å². The molecule has 1 aromatic carbocycles. The summed E-state index contributed by atoms with van der Waals surface area (Å²) < 4.78 is 5.09. The molecular weight excluding hydrogens is 316 g/mol. The topological polar surface area (TPSA) is 123 Å². The van der Waals surface area contributed by atoms with Crippen LogP contribution in [0.4, 0.5) is 5.82 Å². The van der Waals surface area contributed by atoms with Gasteiger partial charge in [0.2, 0.25) is 5.75 Å². The smallest absolute Gasteiger partial charge is 0.406 e. The van der Waals surface area contributed by atoms with Crippen molar-refractivity contribution in [3.8, 4) is 5.75 Å². The predicted molar refractivity (Wildman–Crippen MR) is 83.2 cm³/mol. The monoisotopic (exact) mass is 330 g/mol. The van der Waals surface area contributed by atoms with Crippen molar-refractivity contribution in [2.45, 2.75) is 6.92 Å². The second kappa shape index (κ2) is 7.68. The van der Waals surface area contributed by atoms with Gasteiger partial charge >= 0.3 is 5.82 Å². The third-order valence-electron chi connectivity index (χ3n) is 2.86. The number of ether oxygens (including phenoxy) is 1. The number of hydrazine groups is 1. The number of hydrogen-bond donors (Lipinski definition) is 2. The van der Waals surface area contributed by atoms with Crippen LogP contribution in [0.25, 0.3) is 0 Å². The Morgan fingerprint density at radius 1 is 1.17 bits per heavy atom. The lowest BCUT2D eigenvalue weighted by Crippen LogP contribution is -2.43. The van der Waals surface area contributed by atoms with E-state index in [4.69, 9.17) is 4.74 Å². The number of aryl methyl sites for hydroxylation is 1. The van der Waals surface area contributed by atoms with Crippen LogP contribution in [-0.4, -0.2) is 28.3 Å². The molecule has 0 fully saturated rings. The fourth-order valence-electron chi connectivity index (χ4n) is 1.74. The molecule has 0 unspecified atom stereocenters. The molecule has 0 aliphatic carbocycles. The summed E-state index contributed by atoms with van der Waals surface area (Å²) >= 11 is 0. The number of aromatic nitrogens is 1. The van der Waals surface area contributed by atoms with Gasteiger partial charge < -0.3 is 14.9 Å². The van der Waals surface area contributed by atoms with Crippen LogP contribution in [0, 0.1) is 17.0 Å². The standard InChI is InChI=1S/C15H14N4O5/c1-10-7-8-12(14(16-10)19(22)23)24-9-13(20)17-18-15(21)11-5-3-2-4-6-11/h2-8H,9H2,1H3,(H,17,20)(H,18,21). The third-order valence-corrected chi connectivity index (χ3v) is 2.86. The zero-order chi connectivity index (χ0) is 17.5. The molecule has 124 valence electrons. The molecule has 0 radical (unpaired) electrons. The minimum Gasteiger partial charge on any atom is -0.476 e. The van der Waals surface area contributed by atoms with Crippen LogP contribution >= 0.6 is 0 Å². The molecule has 0 atom stereocenters. The van der Waals surface area contributed by atoms with Gasteiger partial charge in [0.1, 0.15) is 5.69 Å². The van der Waals surface area contributed by atoms with E-state index in [0.29, 0.717) is 11.3 Å². The molecule has 0 saturated carbocycles. The van der Waals surface area contributed by atoms with Crippen molar-refractivity contribution in [1.29, 1.82) is 0 Å². The molecule has 0 saturated heterocycles. The Hall–Kier alpha value is -3.49. The van der Waals surface area contributed by atoms with E-state index in [9.17, 15) is 19.7 Å². The first-order chi connectivity index (χ1) is 11.5. The molecular formula is C15H14N4O5. The van der Waals surface area contributed by atoms with Gasteiger partial charge in [-0.15, -0.1) is 0 Å². The summed E-state index contributed by atoms with van der Waals surface area (Å²) in [5.74, 6) is -1.77. The van der Waals surface area contributed by atoms with Crippen LogP contribution in [0.1, 0.15) is 16.1 Å². The van der Waals surface area contributed by atoms with E-state index >= 15 is 0 Å². The molecule has 1 heterocycles. The van der Waals surface area contributed by atoms with Crippen LogP contribution in [-0.2, 0) is 4.79 Å². The number of nitrogens with one attached hydrogen (secondary N) is 2. The Balaban J connectivity index is 1.88. The summed E-state index contributed by atoms with van der Waals surface area (Å²) in [5, 5.41) is 10.9. The van der Waals surface area contributed by atoms with Crippen molar-refractivity contribution in [3.63, 3.8) is 0 Å². The van der Waals surface area contributed by atoms with Crippen LogP contribution in [0.15, 0.2) is 42.5 Å². The molecule has 9 heteroatoms. The zero-order valence-electron chi connectivity index (χ0n) is 12.7. The van der Waals surface area contributed by atoms with Crippen molar-refractivity contribution in [1.82, 2.24) is 15.8 Å². The number of benzene rings is 1. The SMILES string of the molecule is Cc1ccc(OCC(=O)NNC(=O)c2ccccc2)c([N+](=O)[O-])n1. The summed E-state index contributed by atoms with van der Waals surface area (Å²) in [6, 6.07) is 11.2. The highest BCUT2D eigenvalue weighted by molar-refractivity contribution is 5.95. The maximum absolute atomic E-state index is 11.7. The van der Waals surface area contributed by atoms with Crippen LogP contribution in [0.5, 0.6) is 5.75 Å². The Labute approximate surface area is 136 Å². The van der Waals surface area contributed by atoms with E-state index < -0.39 is 29.2 Å². The molecule has 2 aromatic rings. The summed E-state index contributed by atoms with van der Waals surface area (Å²) in [6.07, 6.45) is 0. The van der Waals surface area contributed by atoms with Gasteiger partial charge in [-0.3, -0.25) is 20.4 Å². The maximum atomic E-state index is 11.7. The van der Waals surface area contributed by atoms with Gasteiger partial charge in [0.25, 0.3) is 11.8 Å². The molecule has 0 aliphatic heterocycles. The number of carbonyl (C=O) groups is 2. The number of pyridine rings is 1. The Morgan fingerprint density at radius 2 is 1.88 bits per heavy atom. The highest BCUT2D eigenvalue weighted by atomic mass is 16.6. The summed E-state index contributed by atoms with van der Waals surface area (Å²) in [5.41, 5.74) is 5.20. The Kier molecular flexibility index (Phi) is 5.40. The highest BCUT2D eigenvalue weighted by Crippen LogP contribution is 2.24. The number of nitrogens with zero attached hydrogens (tertiary/aromatic N) is 2. The second-order valence-electron chi connectivity index (χ2n) is 4.69. The molecule has 0 bridgehead atoms. The fourth-order valence-corrected chi connectivity index (χ4v) is 1.74. The second-order valence-corrected chi connectivity index (χ2v) is 4.69. The maximum Gasteiger partial charge on any atom is 0.406 e. The number of hydrogen-bond acceptors (Lipinski definition) is 6. The van der Waals surface area contributed by atoms with E-state index in [1.807, 2.05) is 0 Å². The normalized spacial score (nSPS) is 9.88. The van der Waals surface area contributed by atoms with E-state index in [0.717, 1.165) is 0 Å². The lowest BCUT2D eigenvalue weighted by atomic mass is 10.2. The number of carbonyl (C=O) groups excluding carboxylic acids is 2. The predicted octanol–water partition coefficient (Wildman–Crippen LogP) is 1.14. The van der Waals surface area contributed by atoms with Crippen molar-refractivity contribution < 1.29 is 19.2 Å². The minimum atomic E-state index is -0.697. The van der Waals surface area contributed by atoms with Gasteiger partial charge in [0.05, 0.1) is 0 Å². The summed E-state index contributed by atoms with van der Waals surface area (Å²) in [6.45, 7) is 1.09. The lowest BCUT2D eigenvalue weighted by molar-refractivity contribution is -0.390. The molecule has 24 heavy (non-hydrogen) atoms. The number of amides is 2. The van der Waals surface area contributed by atoms with Gasteiger partial charge in [-0.2, -0.15) is 0 Å². The first kappa shape index (κ1) is 16.9. The van der Waals surface area contributed by atoms with E-state index in [1.54, 1.807) is 37.3 Å². The van der Waals surface area contributed by atoms with Gasteiger partial charge in [-0.1, -0.05) is 18.2 Å². The van der Waals surface area contributed by atoms with Crippen LogP contribution in [0.2, 0.25) is 0 Å². The lowest BCUT2D eigenvalue weighted by Gasteiger charge is -2.09. The van der Waals surface area contributed by atoms with Crippen molar-refractivity contribution in [2.24, 2.45) is 0 Å². The highest BCUT2D eigenvalue weighted by Gasteiger charge is 2.18. The summed E-state index contributed by atoms with van der Waals surface area (Å²) in [4.78, 5) is 37.3. The first-order valence-electron chi connectivity index (χ1n) is 6.86. The van der Waals surface area contributed by atoms with E-state index in [1.165, 1.54) is 12.1 Å².